The van der Waals surface area contributed by atoms with Gasteiger partial charge in [-0.1, -0.05) is 0 Å². The normalized spacial score (nSPS) is 26.9. The lowest BCUT2D eigenvalue weighted by molar-refractivity contribution is -0.107. The molecule has 3 nitrogen and oxygen atoms in total. The van der Waals surface area contributed by atoms with E-state index in [1.165, 1.54) is 39.7 Å². The molecule has 2 unspecified atom stereocenters. The van der Waals surface area contributed by atoms with Crippen LogP contribution in [0.2, 0.25) is 0 Å². The summed E-state index contributed by atoms with van der Waals surface area (Å²) in [5.41, 5.74) is 4.61. The monoisotopic (exact) mass is 326 g/mol. The number of rotatable bonds is 3. The van der Waals surface area contributed by atoms with Gasteiger partial charge in [-0.3, -0.25) is 11.3 Å². The Kier molecular flexibility index (Phi) is 4.96. The maximum absolute atomic E-state index is 6.22. The minimum atomic E-state index is 0.130. The SMILES string of the molecule is Cc1cc(C(NN)C2CCOC3(CCSCC3)C2)sc1C. The van der Waals surface area contributed by atoms with Crippen LogP contribution in [0, 0.1) is 19.8 Å². The predicted molar refractivity (Wildman–Crippen MR) is 91.8 cm³/mol. The zero-order valence-corrected chi connectivity index (χ0v) is 14.6. The third-order valence-electron chi connectivity index (χ3n) is 5.08. The number of hydrazine groups is 1. The van der Waals surface area contributed by atoms with Crippen molar-refractivity contribution in [3.63, 3.8) is 0 Å². The molecule has 3 rings (SSSR count). The average Bonchev–Trinajstić information content (AvgIpc) is 2.80. The van der Waals surface area contributed by atoms with E-state index < -0.39 is 0 Å². The number of hydrogen-bond donors (Lipinski definition) is 2. The zero-order valence-electron chi connectivity index (χ0n) is 13.0. The molecule has 0 aromatic carbocycles. The minimum absolute atomic E-state index is 0.130. The summed E-state index contributed by atoms with van der Waals surface area (Å²) >= 11 is 3.95. The molecular formula is C16H26N2OS2. The molecule has 0 amide bonds. The lowest BCUT2D eigenvalue weighted by Gasteiger charge is -2.45. The number of thioether (sulfide) groups is 1. The van der Waals surface area contributed by atoms with Gasteiger partial charge in [0.1, 0.15) is 0 Å². The molecule has 0 bridgehead atoms. The van der Waals surface area contributed by atoms with E-state index in [1.807, 2.05) is 11.3 Å². The molecule has 21 heavy (non-hydrogen) atoms. The van der Waals surface area contributed by atoms with Gasteiger partial charge in [0.25, 0.3) is 0 Å². The van der Waals surface area contributed by atoms with Gasteiger partial charge < -0.3 is 4.74 Å². The first-order chi connectivity index (χ1) is 10.1. The molecule has 1 aromatic rings. The first-order valence-electron chi connectivity index (χ1n) is 7.88. The fraction of sp³-hybridized carbons (Fsp3) is 0.750. The van der Waals surface area contributed by atoms with Crippen LogP contribution in [0.25, 0.3) is 0 Å². The number of thiophene rings is 1. The Morgan fingerprint density at radius 2 is 2.14 bits per heavy atom. The smallest absolute Gasteiger partial charge is 0.0701 e. The van der Waals surface area contributed by atoms with Gasteiger partial charge >= 0.3 is 0 Å². The Bertz CT molecular complexity index is 458. The van der Waals surface area contributed by atoms with E-state index >= 15 is 0 Å². The van der Waals surface area contributed by atoms with Crippen LogP contribution in [-0.2, 0) is 4.74 Å². The Balaban J connectivity index is 1.77. The molecular weight excluding hydrogens is 300 g/mol. The molecule has 0 saturated carbocycles. The van der Waals surface area contributed by atoms with Crippen LogP contribution in [-0.4, -0.2) is 23.7 Å². The van der Waals surface area contributed by atoms with E-state index in [2.05, 4.69) is 37.1 Å². The highest BCUT2D eigenvalue weighted by atomic mass is 32.2. The molecule has 118 valence electrons. The Morgan fingerprint density at radius 1 is 1.38 bits per heavy atom. The first kappa shape index (κ1) is 15.8. The second kappa shape index (κ2) is 6.59. The molecule has 5 heteroatoms. The molecule has 2 aliphatic heterocycles. The van der Waals surface area contributed by atoms with Crippen LogP contribution < -0.4 is 11.3 Å². The summed E-state index contributed by atoms with van der Waals surface area (Å²) in [5, 5.41) is 0. The quantitative estimate of drug-likeness (QED) is 0.658. The third-order valence-corrected chi connectivity index (χ3v) is 7.30. The zero-order chi connectivity index (χ0) is 14.9. The van der Waals surface area contributed by atoms with Gasteiger partial charge in [0.15, 0.2) is 0 Å². The lowest BCUT2D eigenvalue weighted by atomic mass is 9.78. The van der Waals surface area contributed by atoms with Crippen molar-refractivity contribution in [2.75, 3.05) is 18.1 Å². The number of nitrogens with one attached hydrogen (secondary N) is 1. The molecule has 1 spiro atoms. The summed E-state index contributed by atoms with van der Waals surface area (Å²) in [7, 11) is 0. The van der Waals surface area contributed by atoms with Crippen molar-refractivity contribution in [2.45, 2.75) is 51.2 Å². The summed E-state index contributed by atoms with van der Waals surface area (Å²) in [4.78, 5) is 2.79. The van der Waals surface area contributed by atoms with E-state index in [1.54, 1.807) is 0 Å². The summed E-state index contributed by atoms with van der Waals surface area (Å²) in [5.74, 6) is 8.99. The molecule has 0 radical (unpaired) electrons. The Hall–Kier alpha value is -0.0700. The van der Waals surface area contributed by atoms with Crippen molar-refractivity contribution in [1.29, 1.82) is 0 Å². The maximum atomic E-state index is 6.22. The van der Waals surface area contributed by atoms with Crippen LogP contribution in [0.1, 0.15) is 47.0 Å². The molecule has 2 fully saturated rings. The Morgan fingerprint density at radius 3 is 2.76 bits per heavy atom. The maximum Gasteiger partial charge on any atom is 0.0701 e. The third kappa shape index (κ3) is 3.32. The number of aryl methyl sites for hydroxylation is 2. The molecule has 2 atom stereocenters. The summed E-state index contributed by atoms with van der Waals surface area (Å²) in [6, 6.07) is 2.58. The molecule has 3 N–H and O–H groups in total. The molecule has 3 heterocycles. The van der Waals surface area contributed by atoms with Crippen molar-refractivity contribution < 1.29 is 4.74 Å². The summed E-state index contributed by atoms with van der Waals surface area (Å²) < 4.78 is 6.22. The van der Waals surface area contributed by atoms with Crippen LogP contribution in [0.15, 0.2) is 6.07 Å². The van der Waals surface area contributed by atoms with Crippen LogP contribution >= 0.6 is 23.1 Å². The van der Waals surface area contributed by atoms with E-state index in [0.29, 0.717) is 5.92 Å². The molecule has 2 aliphatic rings. The summed E-state index contributed by atoms with van der Waals surface area (Å²) in [6.45, 7) is 5.27. The van der Waals surface area contributed by atoms with Crippen LogP contribution in [0.5, 0.6) is 0 Å². The lowest BCUT2D eigenvalue weighted by Crippen LogP contribution is -2.46. The van der Waals surface area contributed by atoms with Crippen LogP contribution in [0.4, 0.5) is 0 Å². The van der Waals surface area contributed by atoms with Gasteiger partial charge in [-0.05, 0) is 68.6 Å². The van der Waals surface area contributed by atoms with Gasteiger partial charge in [-0.15, -0.1) is 11.3 Å². The van der Waals surface area contributed by atoms with Crippen molar-refractivity contribution >= 4 is 23.1 Å². The highest BCUT2D eigenvalue weighted by Crippen LogP contribution is 2.44. The molecule has 1 aromatic heterocycles. The first-order valence-corrected chi connectivity index (χ1v) is 9.85. The second-order valence-corrected chi connectivity index (χ2v) is 8.94. The number of hydrogen-bond acceptors (Lipinski definition) is 5. The number of nitrogens with two attached hydrogens (primary N) is 1. The second-order valence-electron chi connectivity index (χ2n) is 6.43. The predicted octanol–water partition coefficient (Wildman–Crippen LogP) is 3.56. The van der Waals surface area contributed by atoms with Gasteiger partial charge in [-0.25, -0.2) is 0 Å². The molecule has 0 aliphatic carbocycles. The van der Waals surface area contributed by atoms with Crippen molar-refractivity contribution in [3.8, 4) is 0 Å². The van der Waals surface area contributed by atoms with E-state index in [-0.39, 0.29) is 11.6 Å². The highest BCUT2D eigenvalue weighted by molar-refractivity contribution is 7.99. The largest absolute Gasteiger partial charge is 0.375 e. The topological polar surface area (TPSA) is 47.3 Å². The Labute approximate surface area is 136 Å². The minimum Gasteiger partial charge on any atom is -0.375 e. The van der Waals surface area contributed by atoms with Crippen molar-refractivity contribution in [3.05, 3.63) is 21.4 Å². The highest BCUT2D eigenvalue weighted by Gasteiger charge is 2.41. The number of ether oxygens (including phenoxy) is 1. The summed E-state index contributed by atoms with van der Waals surface area (Å²) in [6.07, 6.45) is 4.67. The standard InChI is InChI=1S/C16H26N2OS2/c1-11-9-14(21-12(11)2)15(18-17)13-3-6-19-16(10-13)4-7-20-8-5-16/h9,13,15,18H,3-8,10,17H2,1-2H3. The fourth-order valence-electron chi connectivity index (χ4n) is 3.65. The fourth-order valence-corrected chi connectivity index (χ4v) is 6.08. The van der Waals surface area contributed by atoms with Gasteiger partial charge in [0.2, 0.25) is 0 Å². The van der Waals surface area contributed by atoms with Gasteiger partial charge in [0, 0.05) is 16.4 Å². The van der Waals surface area contributed by atoms with Crippen LogP contribution in [0.3, 0.4) is 0 Å². The van der Waals surface area contributed by atoms with E-state index in [4.69, 9.17) is 10.6 Å². The van der Waals surface area contributed by atoms with Gasteiger partial charge in [-0.2, -0.15) is 11.8 Å². The van der Waals surface area contributed by atoms with Crippen molar-refractivity contribution in [2.24, 2.45) is 11.8 Å². The van der Waals surface area contributed by atoms with E-state index in [9.17, 15) is 0 Å². The average molecular weight is 327 g/mol. The van der Waals surface area contributed by atoms with Crippen molar-refractivity contribution in [1.82, 2.24) is 5.43 Å². The molecule has 2 saturated heterocycles. The van der Waals surface area contributed by atoms with E-state index in [0.717, 1.165) is 19.4 Å². The van der Waals surface area contributed by atoms with Gasteiger partial charge in [0.05, 0.1) is 11.6 Å².